The van der Waals surface area contributed by atoms with Crippen LogP contribution in [0, 0.1) is 12.3 Å². The number of hydrogen-bond acceptors (Lipinski definition) is 3. The molecule has 1 aliphatic rings. The zero-order chi connectivity index (χ0) is 10.5. The summed E-state index contributed by atoms with van der Waals surface area (Å²) < 4.78 is 5.60. The number of nitrogens with zero attached hydrogens (tertiary/aromatic N) is 1. The van der Waals surface area contributed by atoms with Gasteiger partial charge in [0.2, 0.25) is 0 Å². The van der Waals surface area contributed by atoms with Gasteiger partial charge in [-0.05, 0) is 12.1 Å². The lowest BCUT2D eigenvalue weighted by molar-refractivity contribution is 0.0286. The van der Waals surface area contributed by atoms with Gasteiger partial charge in [0.25, 0.3) is 0 Å². The Morgan fingerprint density at radius 3 is 3.13 bits per heavy atom. The Morgan fingerprint density at radius 1 is 1.60 bits per heavy atom. The van der Waals surface area contributed by atoms with Crippen molar-refractivity contribution in [1.29, 1.82) is 0 Å². The van der Waals surface area contributed by atoms with Crippen molar-refractivity contribution < 1.29 is 4.74 Å². The third kappa shape index (κ3) is 2.79. The minimum atomic E-state index is 0.239. The summed E-state index contributed by atoms with van der Waals surface area (Å²) in [4.78, 5) is 4.29. The maximum atomic E-state index is 5.60. The molecule has 0 spiro atoms. The van der Waals surface area contributed by atoms with E-state index in [1.165, 1.54) is 0 Å². The summed E-state index contributed by atoms with van der Waals surface area (Å²) in [7, 11) is 0. The van der Waals surface area contributed by atoms with Crippen molar-refractivity contribution in [3.05, 3.63) is 29.6 Å². The van der Waals surface area contributed by atoms with Crippen LogP contribution in [0.15, 0.2) is 18.3 Å². The topological polar surface area (TPSA) is 34.1 Å². The molecule has 0 bridgehead atoms. The fourth-order valence-corrected chi connectivity index (χ4v) is 1.61. The van der Waals surface area contributed by atoms with Gasteiger partial charge in [-0.3, -0.25) is 4.98 Å². The number of ether oxygens (including phenoxy) is 1. The highest BCUT2D eigenvalue weighted by Crippen LogP contribution is 2.06. The van der Waals surface area contributed by atoms with Gasteiger partial charge < -0.3 is 10.1 Å². The van der Waals surface area contributed by atoms with Crippen molar-refractivity contribution in [2.75, 3.05) is 19.7 Å². The van der Waals surface area contributed by atoms with E-state index in [4.69, 9.17) is 11.2 Å². The Morgan fingerprint density at radius 2 is 2.53 bits per heavy atom. The molecule has 78 valence electrons. The Kier molecular flexibility index (Phi) is 3.33. The van der Waals surface area contributed by atoms with E-state index in [1.54, 1.807) is 6.20 Å². The summed E-state index contributed by atoms with van der Waals surface area (Å²) >= 11 is 0. The van der Waals surface area contributed by atoms with Crippen LogP contribution in [0.25, 0.3) is 0 Å². The number of terminal acetylenes is 1. The van der Waals surface area contributed by atoms with E-state index in [0.29, 0.717) is 0 Å². The average Bonchev–Trinajstić information content (AvgIpc) is 2.31. The molecule has 1 unspecified atom stereocenters. The largest absolute Gasteiger partial charge is 0.375 e. The molecule has 1 atom stereocenters. The van der Waals surface area contributed by atoms with Crippen LogP contribution in [0.1, 0.15) is 11.3 Å². The molecule has 1 fully saturated rings. The summed E-state index contributed by atoms with van der Waals surface area (Å²) in [5.74, 6) is 2.55. The van der Waals surface area contributed by atoms with E-state index < -0.39 is 0 Å². The van der Waals surface area contributed by atoms with Crippen LogP contribution in [-0.4, -0.2) is 30.8 Å². The van der Waals surface area contributed by atoms with E-state index in [0.717, 1.165) is 37.4 Å². The smallest absolute Gasteiger partial charge is 0.0755 e. The summed E-state index contributed by atoms with van der Waals surface area (Å²) in [5, 5.41) is 3.29. The maximum absolute atomic E-state index is 5.60. The molecule has 1 N–H and O–H groups in total. The fourth-order valence-electron chi connectivity index (χ4n) is 1.61. The lowest BCUT2D eigenvalue weighted by Crippen LogP contribution is -2.39. The third-order valence-electron chi connectivity index (χ3n) is 2.43. The molecule has 1 aliphatic heterocycles. The van der Waals surface area contributed by atoms with Crippen molar-refractivity contribution in [3.63, 3.8) is 0 Å². The van der Waals surface area contributed by atoms with Crippen molar-refractivity contribution in [3.8, 4) is 12.3 Å². The van der Waals surface area contributed by atoms with Crippen molar-refractivity contribution >= 4 is 0 Å². The molecular formula is C12H14N2O. The molecule has 2 rings (SSSR count). The Bertz CT molecular complexity index is 347. The number of morpholine rings is 1. The molecule has 2 heterocycles. The molecule has 15 heavy (non-hydrogen) atoms. The minimum Gasteiger partial charge on any atom is -0.375 e. The predicted molar refractivity (Wildman–Crippen MR) is 58.5 cm³/mol. The Balaban J connectivity index is 1.95. The van der Waals surface area contributed by atoms with E-state index in [2.05, 4.69) is 16.2 Å². The van der Waals surface area contributed by atoms with Crippen LogP contribution >= 0.6 is 0 Å². The normalized spacial score (nSPS) is 20.9. The first kappa shape index (κ1) is 10.2. The molecule has 0 saturated carbocycles. The number of hydrogen-bond donors (Lipinski definition) is 1. The zero-order valence-electron chi connectivity index (χ0n) is 8.57. The van der Waals surface area contributed by atoms with Gasteiger partial charge in [0.15, 0.2) is 0 Å². The lowest BCUT2D eigenvalue weighted by Gasteiger charge is -2.23. The summed E-state index contributed by atoms with van der Waals surface area (Å²) in [6.07, 6.45) is 8.07. The molecule has 0 aliphatic carbocycles. The van der Waals surface area contributed by atoms with Crippen LogP contribution in [-0.2, 0) is 11.2 Å². The monoisotopic (exact) mass is 202 g/mol. The molecular weight excluding hydrogens is 188 g/mol. The van der Waals surface area contributed by atoms with Crippen LogP contribution < -0.4 is 5.32 Å². The second-order valence-corrected chi connectivity index (χ2v) is 3.58. The molecule has 0 amide bonds. The second-order valence-electron chi connectivity index (χ2n) is 3.58. The van der Waals surface area contributed by atoms with Gasteiger partial charge in [0.05, 0.1) is 12.7 Å². The van der Waals surface area contributed by atoms with Gasteiger partial charge in [-0.15, -0.1) is 6.42 Å². The molecule has 0 radical (unpaired) electrons. The lowest BCUT2D eigenvalue weighted by atomic mass is 10.1. The first-order chi connectivity index (χ1) is 7.38. The molecule has 1 aromatic heterocycles. The second kappa shape index (κ2) is 4.92. The number of pyridine rings is 1. The van der Waals surface area contributed by atoms with Crippen LogP contribution in [0.4, 0.5) is 0 Å². The minimum absolute atomic E-state index is 0.239. The van der Waals surface area contributed by atoms with Gasteiger partial charge in [-0.25, -0.2) is 0 Å². The molecule has 3 heteroatoms. The van der Waals surface area contributed by atoms with Crippen molar-refractivity contribution in [2.24, 2.45) is 0 Å². The van der Waals surface area contributed by atoms with Gasteiger partial charge in [-0.2, -0.15) is 0 Å². The van der Waals surface area contributed by atoms with Crippen LogP contribution in [0.5, 0.6) is 0 Å². The van der Waals surface area contributed by atoms with Crippen LogP contribution in [0.3, 0.4) is 0 Å². The highest BCUT2D eigenvalue weighted by Gasteiger charge is 2.14. The third-order valence-corrected chi connectivity index (χ3v) is 2.43. The van der Waals surface area contributed by atoms with E-state index in [-0.39, 0.29) is 6.10 Å². The maximum Gasteiger partial charge on any atom is 0.0755 e. The van der Waals surface area contributed by atoms with Gasteiger partial charge in [0.1, 0.15) is 0 Å². The van der Waals surface area contributed by atoms with Crippen molar-refractivity contribution in [1.82, 2.24) is 10.3 Å². The summed E-state index contributed by atoms with van der Waals surface area (Å²) in [6.45, 7) is 2.63. The first-order valence-electron chi connectivity index (χ1n) is 5.12. The summed E-state index contributed by atoms with van der Waals surface area (Å²) in [6, 6.07) is 3.88. The first-order valence-corrected chi connectivity index (χ1v) is 5.12. The molecule has 1 saturated heterocycles. The molecule has 1 aromatic rings. The SMILES string of the molecule is C#Cc1ccc(CC2CNCCO2)nc1. The highest BCUT2D eigenvalue weighted by molar-refractivity contribution is 5.29. The quantitative estimate of drug-likeness (QED) is 0.713. The number of nitrogens with one attached hydrogen (secondary N) is 1. The standard InChI is InChI=1S/C12H14N2O/c1-2-10-3-4-11(14-8-10)7-12-9-13-5-6-15-12/h1,3-4,8,12-13H,5-7,9H2. The Hall–Kier alpha value is -1.37. The van der Waals surface area contributed by atoms with Gasteiger partial charge in [0, 0.05) is 37.0 Å². The Labute approximate surface area is 89.9 Å². The van der Waals surface area contributed by atoms with E-state index >= 15 is 0 Å². The van der Waals surface area contributed by atoms with Gasteiger partial charge >= 0.3 is 0 Å². The zero-order valence-corrected chi connectivity index (χ0v) is 8.57. The number of aromatic nitrogens is 1. The molecule has 0 aromatic carbocycles. The average molecular weight is 202 g/mol. The summed E-state index contributed by atoms with van der Waals surface area (Å²) in [5.41, 5.74) is 1.85. The molecule has 3 nitrogen and oxygen atoms in total. The van der Waals surface area contributed by atoms with Crippen LogP contribution in [0.2, 0.25) is 0 Å². The van der Waals surface area contributed by atoms with Gasteiger partial charge in [-0.1, -0.05) is 5.92 Å². The highest BCUT2D eigenvalue weighted by atomic mass is 16.5. The predicted octanol–water partition coefficient (Wildman–Crippen LogP) is 0.594. The van der Waals surface area contributed by atoms with E-state index in [9.17, 15) is 0 Å². The number of rotatable bonds is 2. The van der Waals surface area contributed by atoms with Crippen molar-refractivity contribution in [2.45, 2.75) is 12.5 Å². The van der Waals surface area contributed by atoms with E-state index in [1.807, 2.05) is 12.1 Å². The fraction of sp³-hybridized carbons (Fsp3) is 0.417.